The lowest BCUT2D eigenvalue weighted by Gasteiger charge is -2.07. The molecule has 0 fully saturated rings. The molecular weight excluding hydrogens is 250 g/mol. The smallest absolute Gasteiger partial charge is 0.354 e. The molecule has 0 atom stereocenters. The number of carboxylic acid groups (broad SMARTS) is 1. The van der Waals surface area contributed by atoms with Crippen LogP contribution in [0.5, 0.6) is 0 Å². The van der Waals surface area contributed by atoms with Gasteiger partial charge < -0.3 is 5.11 Å². The van der Waals surface area contributed by atoms with Crippen LogP contribution in [0.25, 0.3) is 22.0 Å². The molecule has 98 valence electrons. The van der Waals surface area contributed by atoms with Gasteiger partial charge in [-0.15, -0.1) is 0 Å². The normalized spacial score (nSPS) is 10.7. The summed E-state index contributed by atoms with van der Waals surface area (Å²) in [4.78, 5) is 15.4. The maximum atomic E-state index is 11.1. The lowest BCUT2D eigenvalue weighted by Crippen LogP contribution is -2.00. The van der Waals surface area contributed by atoms with Gasteiger partial charge in [-0.05, 0) is 18.6 Å². The zero-order valence-corrected chi connectivity index (χ0v) is 11.0. The van der Waals surface area contributed by atoms with Crippen molar-refractivity contribution in [2.75, 3.05) is 0 Å². The van der Waals surface area contributed by atoms with E-state index >= 15 is 0 Å². The fraction of sp³-hybridized carbons (Fsp3) is 0.0588. The molecule has 0 saturated heterocycles. The fourth-order valence-corrected chi connectivity index (χ4v) is 2.31. The molecular formula is C17H13NO2. The van der Waals surface area contributed by atoms with Gasteiger partial charge in [0.25, 0.3) is 0 Å². The highest BCUT2D eigenvalue weighted by molar-refractivity contribution is 5.96. The molecule has 2 aromatic carbocycles. The summed E-state index contributed by atoms with van der Waals surface area (Å²) in [5.41, 5.74) is 3.95. The van der Waals surface area contributed by atoms with E-state index in [1.165, 1.54) is 6.07 Å². The van der Waals surface area contributed by atoms with Crippen molar-refractivity contribution in [3.05, 3.63) is 65.9 Å². The van der Waals surface area contributed by atoms with E-state index in [-0.39, 0.29) is 5.69 Å². The van der Waals surface area contributed by atoms with Gasteiger partial charge in [0.1, 0.15) is 5.69 Å². The minimum Gasteiger partial charge on any atom is -0.477 e. The van der Waals surface area contributed by atoms with Crippen LogP contribution in [0.4, 0.5) is 0 Å². The van der Waals surface area contributed by atoms with Gasteiger partial charge >= 0.3 is 5.97 Å². The predicted molar refractivity (Wildman–Crippen MR) is 78.9 cm³/mol. The number of aromatic nitrogens is 1. The highest BCUT2D eigenvalue weighted by atomic mass is 16.4. The molecule has 0 saturated carbocycles. The molecule has 1 heterocycles. The summed E-state index contributed by atoms with van der Waals surface area (Å²) in [6, 6.07) is 17.3. The van der Waals surface area contributed by atoms with E-state index in [1.807, 2.05) is 43.3 Å². The zero-order valence-electron chi connectivity index (χ0n) is 11.0. The molecule has 1 N–H and O–H groups in total. The first-order valence-electron chi connectivity index (χ1n) is 6.35. The first-order chi connectivity index (χ1) is 9.65. The minimum atomic E-state index is -1.01. The topological polar surface area (TPSA) is 50.2 Å². The van der Waals surface area contributed by atoms with Crippen LogP contribution in [0, 0.1) is 6.92 Å². The first-order valence-corrected chi connectivity index (χ1v) is 6.35. The van der Waals surface area contributed by atoms with Crippen molar-refractivity contribution in [2.24, 2.45) is 0 Å². The van der Waals surface area contributed by atoms with Crippen molar-refractivity contribution < 1.29 is 9.90 Å². The molecule has 0 amide bonds. The van der Waals surface area contributed by atoms with Crippen molar-refractivity contribution >= 4 is 16.9 Å². The van der Waals surface area contributed by atoms with Crippen LogP contribution >= 0.6 is 0 Å². The Morgan fingerprint density at radius 3 is 2.60 bits per heavy atom. The van der Waals surface area contributed by atoms with Crippen molar-refractivity contribution in [2.45, 2.75) is 6.92 Å². The van der Waals surface area contributed by atoms with Gasteiger partial charge in [0.05, 0.1) is 5.52 Å². The molecule has 0 bridgehead atoms. The lowest BCUT2D eigenvalue weighted by atomic mass is 10.0. The number of rotatable bonds is 2. The highest BCUT2D eigenvalue weighted by Crippen LogP contribution is 2.28. The number of hydrogen-bond donors (Lipinski definition) is 1. The largest absolute Gasteiger partial charge is 0.477 e. The van der Waals surface area contributed by atoms with E-state index in [4.69, 9.17) is 5.11 Å². The lowest BCUT2D eigenvalue weighted by molar-refractivity contribution is 0.0691. The van der Waals surface area contributed by atoms with Gasteiger partial charge in [-0.25, -0.2) is 9.78 Å². The van der Waals surface area contributed by atoms with Gasteiger partial charge in [-0.3, -0.25) is 0 Å². The number of carbonyl (C=O) groups is 1. The van der Waals surface area contributed by atoms with Crippen LogP contribution in [-0.4, -0.2) is 16.1 Å². The number of benzene rings is 2. The third-order valence-electron chi connectivity index (χ3n) is 3.27. The van der Waals surface area contributed by atoms with Gasteiger partial charge in [-0.2, -0.15) is 0 Å². The molecule has 3 rings (SSSR count). The molecule has 1 aromatic heterocycles. The molecule has 0 aliphatic heterocycles. The van der Waals surface area contributed by atoms with Crippen molar-refractivity contribution in [1.29, 1.82) is 0 Å². The third-order valence-corrected chi connectivity index (χ3v) is 3.27. The average molecular weight is 263 g/mol. The summed E-state index contributed by atoms with van der Waals surface area (Å²) in [5.74, 6) is -1.01. The van der Waals surface area contributed by atoms with Crippen molar-refractivity contribution in [1.82, 2.24) is 4.98 Å². The number of aromatic carboxylic acids is 1. The molecule has 0 aliphatic carbocycles. The van der Waals surface area contributed by atoms with Gasteiger partial charge in [-0.1, -0.05) is 54.1 Å². The Bertz CT molecular complexity index is 809. The maximum Gasteiger partial charge on any atom is 0.354 e. The SMILES string of the molecule is Cc1cccc(-c2cccc3ccc(C(=O)O)nc23)c1. The Labute approximate surface area is 116 Å². The zero-order chi connectivity index (χ0) is 14.1. The molecule has 0 aliphatic rings. The van der Waals surface area contributed by atoms with E-state index in [2.05, 4.69) is 11.1 Å². The van der Waals surface area contributed by atoms with Crippen molar-refractivity contribution in [3.63, 3.8) is 0 Å². The second kappa shape index (κ2) is 4.78. The number of para-hydroxylation sites is 1. The number of fused-ring (bicyclic) bond motifs is 1. The average Bonchev–Trinajstić information content (AvgIpc) is 2.46. The van der Waals surface area contributed by atoms with Gasteiger partial charge in [0.2, 0.25) is 0 Å². The summed E-state index contributed by atoms with van der Waals surface area (Å²) in [6.45, 7) is 2.03. The number of aryl methyl sites for hydroxylation is 1. The second-order valence-corrected chi connectivity index (χ2v) is 4.75. The standard InChI is InChI=1S/C17H13NO2/c1-11-4-2-6-13(10-11)14-7-3-5-12-8-9-15(17(19)20)18-16(12)14/h2-10H,1H3,(H,19,20). The Hall–Kier alpha value is -2.68. The van der Waals surface area contributed by atoms with Gasteiger partial charge in [0.15, 0.2) is 0 Å². The highest BCUT2D eigenvalue weighted by Gasteiger charge is 2.09. The Balaban J connectivity index is 2.29. The second-order valence-electron chi connectivity index (χ2n) is 4.75. The van der Waals surface area contributed by atoms with Crippen molar-refractivity contribution in [3.8, 4) is 11.1 Å². The molecule has 20 heavy (non-hydrogen) atoms. The Morgan fingerprint density at radius 1 is 1.05 bits per heavy atom. The van der Waals surface area contributed by atoms with Crippen LogP contribution in [0.2, 0.25) is 0 Å². The van der Waals surface area contributed by atoms with E-state index in [0.717, 1.165) is 27.6 Å². The van der Waals surface area contributed by atoms with Gasteiger partial charge in [0, 0.05) is 10.9 Å². The van der Waals surface area contributed by atoms with Crippen LogP contribution in [0.3, 0.4) is 0 Å². The fourth-order valence-electron chi connectivity index (χ4n) is 2.31. The Morgan fingerprint density at radius 2 is 1.85 bits per heavy atom. The van der Waals surface area contributed by atoms with Crippen LogP contribution in [-0.2, 0) is 0 Å². The first kappa shape index (κ1) is 12.4. The summed E-state index contributed by atoms with van der Waals surface area (Å²) in [6.07, 6.45) is 0. The summed E-state index contributed by atoms with van der Waals surface area (Å²) >= 11 is 0. The number of hydrogen-bond acceptors (Lipinski definition) is 2. The molecule has 3 heteroatoms. The predicted octanol–water partition coefficient (Wildman–Crippen LogP) is 3.91. The van der Waals surface area contributed by atoms with E-state index in [1.54, 1.807) is 6.07 Å². The summed E-state index contributed by atoms with van der Waals surface area (Å²) < 4.78 is 0. The maximum absolute atomic E-state index is 11.1. The molecule has 0 unspecified atom stereocenters. The third kappa shape index (κ3) is 2.14. The summed E-state index contributed by atoms with van der Waals surface area (Å²) in [7, 11) is 0. The number of nitrogens with zero attached hydrogens (tertiary/aromatic N) is 1. The van der Waals surface area contributed by atoms with Crippen LogP contribution in [0.15, 0.2) is 54.6 Å². The molecule has 0 radical (unpaired) electrons. The Kier molecular flexibility index (Phi) is 2.95. The van der Waals surface area contributed by atoms with Crippen LogP contribution < -0.4 is 0 Å². The molecule has 3 aromatic rings. The number of pyridine rings is 1. The summed E-state index contributed by atoms with van der Waals surface area (Å²) in [5, 5.41) is 10.0. The van der Waals surface area contributed by atoms with E-state index < -0.39 is 5.97 Å². The molecule has 3 nitrogen and oxygen atoms in total. The monoisotopic (exact) mass is 263 g/mol. The number of carboxylic acids is 1. The van der Waals surface area contributed by atoms with E-state index in [0.29, 0.717) is 0 Å². The van der Waals surface area contributed by atoms with E-state index in [9.17, 15) is 4.79 Å². The quantitative estimate of drug-likeness (QED) is 0.762. The molecule has 0 spiro atoms. The minimum absolute atomic E-state index is 0.0672. The van der Waals surface area contributed by atoms with Crippen LogP contribution in [0.1, 0.15) is 16.1 Å².